The molecule has 2 saturated heterocycles. The molecule has 1 aliphatic carbocycles. The summed E-state index contributed by atoms with van der Waals surface area (Å²) in [6.45, 7) is 3.42. The third-order valence-electron chi connectivity index (χ3n) is 5.37. The Morgan fingerprint density at radius 3 is 2.89 bits per heavy atom. The van der Waals surface area contributed by atoms with Gasteiger partial charge in [-0.15, -0.1) is 0 Å². The van der Waals surface area contributed by atoms with Gasteiger partial charge >= 0.3 is 0 Å². The summed E-state index contributed by atoms with van der Waals surface area (Å²) >= 11 is 2.08. The van der Waals surface area contributed by atoms with Gasteiger partial charge in [-0.05, 0) is 43.8 Å². The van der Waals surface area contributed by atoms with Gasteiger partial charge in [0.15, 0.2) is 0 Å². The molecule has 2 heterocycles. The van der Waals surface area contributed by atoms with Gasteiger partial charge in [0.05, 0.1) is 5.60 Å². The van der Waals surface area contributed by atoms with Crippen molar-refractivity contribution >= 4 is 11.8 Å². The molecule has 110 valence electrons. The standard InChI is InChI=1S/C16H29NOS/c1-13-5-3-2-4-6-15(13)17-14-7-9-18-16(11-14)8-10-19-12-16/h13-15,17H,2-12H2,1H3. The maximum atomic E-state index is 6.14. The topological polar surface area (TPSA) is 21.3 Å². The SMILES string of the molecule is CC1CCCCCC1NC1CCOC2(CCSC2)C1. The number of rotatable bonds is 2. The van der Waals surface area contributed by atoms with Crippen molar-refractivity contribution in [3.05, 3.63) is 0 Å². The Hall–Kier alpha value is 0.270. The van der Waals surface area contributed by atoms with Crippen molar-refractivity contribution in [3.63, 3.8) is 0 Å². The summed E-state index contributed by atoms with van der Waals surface area (Å²) in [5.74, 6) is 3.39. The van der Waals surface area contributed by atoms with Crippen LogP contribution in [0.15, 0.2) is 0 Å². The van der Waals surface area contributed by atoms with Crippen LogP contribution in [0.2, 0.25) is 0 Å². The van der Waals surface area contributed by atoms with E-state index in [0.717, 1.165) is 18.6 Å². The molecule has 3 aliphatic rings. The molecule has 0 aromatic rings. The Bertz CT molecular complexity index is 290. The molecule has 0 radical (unpaired) electrons. The highest BCUT2D eigenvalue weighted by Crippen LogP contribution is 2.38. The zero-order valence-electron chi connectivity index (χ0n) is 12.3. The second-order valence-electron chi connectivity index (χ2n) is 6.91. The van der Waals surface area contributed by atoms with Crippen molar-refractivity contribution < 1.29 is 4.74 Å². The van der Waals surface area contributed by atoms with Gasteiger partial charge in [0.1, 0.15) is 0 Å². The Morgan fingerprint density at radius 1 is 1.16 bits per heavy atom. The van der Waals surface area contributed by atoms with Crippen molar-refractivity contribution in [1.29, 1.82) is 0 Å². The lowest BCUT2D eigenvalue weighted by atomic mass is 9.88. The minimum Gasteiger partial charge on any atom is -0.374 e. The average Bonchev–Trinajstić information content (AvgIpc) is 2.75. The van der Waals surface area contributed by atoms with Gasteiger partial charge < -0.3 is 10.1 Å². The first-order chi connectivity index (χ1) is 9.27. The third-order valence-corrected chi connectivity index (χ3v) is 6.59. The lowest BCUT2D eigenvalue weighted by molar-refractivity contribution is -0.0721. The second kappa shape index (κ2) is 6.36. The van der Waals surface area contributed by atoms with E-state index < -0.39 is 0 Å². The van der Waals surface area contributed by atoms with Gasteiger partial charge in [0.25, 0.3) is 0 Å². The van der Waals surface area contributed by atoms with Gasteiger partial charge in [-0.25, -0.2) is 0 Å². The molecule has 2 aliphatic heterocycles. The molecule has 4 unspecified atom stereocenters. The lowest BCUT2D eigenvalue weighted by Crippen LogP contribution is -2.51. The lowest BCUT2D eigenvalue weighted by Gasteiger charge is -2.40. The zero-order valence-corrected chi connectivity index (χ0v) is 13.1. The Kier molecular flexibility index (Phi) is 4.76. The smallest absolute Gasteiger partial charge is 0.0795 e. The van der Waals surface area contributed by atoms with Gasteiger partial charge in [0.2, 0.25) is 0 Å². The fraction of sp³-hybridized carbons (Fsp3) is 1.00. The van der Waals surface area contributed by atoms with E-state index in [9.17, 15) is 0 Å². The monoisotopic (exact) mass is 283 g/mol. The van der Waals surface area contributed by atoms with Crippen LogP contribution in [0, 0.1) is 5.92 Å². The van der Waals surface area contributed by atoms with Crippen molar-refractivity contribution in [3.8, 4) is 0 Å². The predicted octanol–water partition coefficient (Wildman–Crippen LogP) is 3.60. The zero-order chi connectivity index (χ0) is 13.1. The van der Waals surface area contributed by atoms with E-state index in [0.29, 0.717) is 6.04 Å². The van der Waals surface area contributed by atoms with Crippen molar-refractivity contribution in [1.82, 2.24) is 5.32 Å². The van der Waals surface area contributed by atoms with Gasteiger partial charge in [-0.3, -0.25) is 0 Å². The van der Waals surface area contributed by atoms with E-state index in [2.05, 4.69) is 24.0 Å². The molecule has 19 heavy (non-hydrogen) atoms. The first kappa shape index (κ1) is 14.2. The highest BCUT2D eigenvalue weighted by molar-refractivity contribution is 7.99. The van der Waals surface area contributed by atoms with Crippen LogP contribution in [-0.2, 0) is 4.74 Å². The molecule has 4 atom stereocenters. The molecule has 0 bridgehead atoms. The minimum atomic E-state index is 0.231. The molecule has 0 aromatic carbocycles. The summed E-state index contributed by atoms with van der Waals surface area (Å²) in [7, 11) is 0. The second-order valence-corrected chi connectivity index (χ2v) is 8.02. The fourth-order valence-electron chi connectivity index (χ4n) is 4.08. The summed E-state index contributed by atoms with van der Waals surface area (Å²) in [6.07, 6.45) is 10.9. The van der Waals surface area contributed by atoms with Crippen LogP contribution in [0.5, 0.6) is 0 Å². The quantitative estimate of drug-likeness (QED) is 0.782. The molecule has 3 rings (SSSR count). The Labute approximate surface area is 122 Å². The van der Waals surface area contributed by atoms with Crippen LogP contribution in [-0.4, -0.2) is 35.8 Å². The number of ether oxygens (including phenoxy) is 1. The van der Waals surface area contributed by atoms with Crippen LogP contribution >= 0.6 is 11.8 Å². The highest BCUT2D eigenvalue weighted by atomic mass is 32.2. The van der Waals surface area contributed by atoms with E-state index in [1.54, 1.807) is 0 Å². The summed E-state index contributed by atoms with van der Waals surface area (Å²) < 4.78 is 6.14. The van der Waals surface area contributed by atoms with Crippen molar-refractivity contribution in [2.45, 2.75) is 76.0 Å². The normalized spacial score (nSPS) is 44.4. The first-order valence-corrected chi connectivity index (χ1v) is 9.41. The Balaban J connectivity index is 1.56. The maximum Gasteiger partial charge on any atom is 0.0795 e. The van der Waals surface area contributed by atoms with E-state index >= 15 is 0 Å². The molecular weight excluding hydrogens is 254 g/mol. The average molecular weight is 283 g/mol. The number of hydrogen-bond donors (Lipinski definition) is 1. The molecule has 0 amide bonds. The molecule has 3 heteroatoms. The molecule has 0 aromatic heterocycles. The van der Waals surface area contributed by atoms with E-state index in [4.69, 9.17) is 4.74 Å². The number of nitrogens with one attached hydrogen (secondary N) is 1. The van der Waals surface area contributed by atoms with E-state index in [1.807, 2.05) is 0 Å². The van der Waals surface area contributed by atoms with Crippen LogP contribution in [0.4, 0.5) is 0 Å². The van der Waals surface area contributed by atoms with Crippen LogP contribution in [0.1, 0.15) is 58.3 Å². The molecule has 1 N–H and O–H groups in total. The van der Waals surface area contributed by atoms with Crippen LogP contribution in [0.3, 0.4) is 0 Å². The molecule has 3 fully saturated rings. The van der Waals surface area contributed by atoms with Crippen molar-refractivity contribution in [2.24, 2.45) is 5.92 Å². The van der Waals surface area contributed by atoms with E-state index in [-0.39, 0.29) is 5.60 Å². The van der Waals surface area contributed by atoms with Crippen LogP contribution < -0.4 is 5.32 Å². The van der Waals surface area contributed by atoms with E-state index in [1.165, 1.54) is 62.9 Å². The Morgan fingerprint density at radius 2 is 2.05 bits per heavy atom. The summed E-state index contributed by atoms with van der Waals surface area (Å²) in [5.41, 5.74) is 0.231. The van der Waals surface area contributed by atoms with Gasteiger partial charge in [-0.2, -0.15) is 11.8 Å². The summed E-state index contributed by atoms with van der Waals surface area (Å²) in [6, 6.07) is 1.47. The highest BCUT2D eigenvalue weighted by Gasteiger charge is 2.41. The number of thioether (sulfide) groups is 1. The molecule has 2 nitrogen and oxygen atoms in total. The van der Waals surface area contributed by atoms with Gasteiger partial charge in [-0.1, -0.05) is 26.2 Å². The maximum absolute atomic E-state index is 6.14. The number of hydrogen-bond acceptors (Lipinski definition) is 3. The third kappa shape index (κ3) is 3.48. The minimum absolute atomic E-state index is 0.231. The largest absolute Gasteiger partial charge is 0.374 e. The van der Waals surface area contributed by atoms with Crippen molar-refractivity contribution in [2.75, 3.05) is 18.1 Å². The molecule has 1 spiro atoms. The van der Waals surface area contributed by atoms with Crippen LogP contribution in [0.25, 0.3) is 0 Å². The predicted molar refractivity (Wildman–Crippen MR) is 82.8 cm³/mol. The summed E-state index contributed by atoms with van der Waals surface area (Å²) in [5, 5.41) is 4.01. The molecule has 1 saturated carbocycles. The van der Waals surface area contributed by atoms with Gasteiger partial charge in [0, 0.05) is 24.4 Å². The molecular formula is C16H29NOS. The first-order valence-electron chi connectivity index (χ1n) is 8.25. The summed E-state index contributed by atoms with van der Waals surface area (Å²) in [4.78, 5) is 0. The fourth-order valence-corrected chi connectivity index (χ4v) is 5.45.